The van der Waals surface area contributed by atoms with Crippen molar-refractivity contribution in [2.45, 2.75) is 0 Å². The summed E-state index contributed by atoms with van der Waals surface area (Å²) in [6.45, 7) is 3.95. The van der Waals surface area contributed by atoms with Crippen LogP contribution in [0.25, 0.3) is 5.70 Å². The van der Waals surface area contributed by atoms with Crippen molar-refractivity contribution in [3.63, 3.8) is 0 Å². The predicted molar refractivity (Wildman–Crippen MR) is 109 cm³/mol. The maximum atomic E-state index is 12.4. The van der Waals surface area contributed by atoms with Crippen LogP contribution in [0, 0.1) is 0 Å². The van der Waals surface area contributed by atoms with Crippen LogP contribution in [0.2, 0.25) is 0 Å². The van der Waals surface area contributed by atoms with Gasteiger partial charge in [0.05, 0.1) is 0 Å². The summed E-state index contributed by atoms with van der Waals surface area (Å²) in [6, 6.07) is 24.8. The van der Waals surface area contributed by atoms with Gasteiger partial charge >= 0.3 is 0 Å². The molecule has 4 heteroatoms. The van der Waals surface area contributed by atoms with Gasteiger partial charge in [0, 0.05) is 35.4 Å². The Balaban J connectivity index is 1.71. The van der Waals surface area contributed by atoms with E-state index >= 15 is 0 Å². The van der Waals surface area contributed by atoms with Gasteiger partial charge in [0.25, 0.3) is 5.91 Å². The Morgan fingerprint density at radius 1 is 0.769 bits per heavy atom. The van der Waals surface area contributed by atoms with E-state index in [1.165, 1.54) is 0 Å². The number of carbonyl (C=O) groups is 1. The first-order valence-electron chi connectivity index (χ1n) is 8.36. The summed E-state index contributed by atoms with van der Waals surface area (Å²) in [7, 11) is 1.85. The molecule has 0 bridgehead atoms. The minimum atomic E-state index is -0.138. The molecule has 3 N–H and O–H groups in total. The summed E-state index contributed by atoms with van der Waals surface area (Å²) in [4.78, 5) is 12.4. The molecule has 0 aliphatic heterocycles. The van der Waals surface area contributed by atoms with Crippen LogP contribution in [0.15, 0.2) is 85.4 Å². The summed E-state index contributed by atoms with van der Waals surface area (Å²) in [5.74, 6) is -0.138. The number of anilines is 3. The van der Waals surface area contributed by atoms with Crippen molar-refractivity contribution in [3.8, 4) is 0 Å². The van der Waals surface area contributed by atoms with E-state index in [-0.39, 0.29) is 5.91 Å². The Morgan fingerprint density at radius 2 is 1.46 bits per heavy atom. The monoisotopic (exact) mass is 343 g/mol. The summed E-state index contributed by atoms with van der Waals surface area (Å²) in [5.41, 5.74) is 5.07. The summed E-state index contributed by atoms with van der Waals surface area (Å²) in [5, 5.41) is 9.24. The van der Waals surface area contributed by atoms with Crippen LogP contribution < -0.4 is 16.0 Å². The van der Waals surface area contributed by atoms with Crippen molar-refractivity contribution in [2.75, 3.05) is 17.7 Å². The highest BCUT2D eigenvalue weighted by Gasteiger charge is 2.07. The van der Waals surface area contributed by atoms with Gasteiger partial charge < -0.3 is 16.0 Å². The maximum Gasteiger partial charge on any atom is 0.255 e. The molecule has 0 saturated heterocycles. The molecule has 4 nitrogen and oxygen atoms in total. The normalized spacial score (nSPS) is 10.0. The molecule has 26 heavy (non-hydrogen) atoms. The molecule has 0 atom stereocenters. The van der Waals surface area contributed by atoms with Crippen LogP contribution >= 0.6 is 0 Å². The van der Waals surface area contributed by atoms with Crippen LogP contribution in [-0.2, 0) is 0 Å². The first-order chi connectivity index (χ1) is 12.7. The molecular formula is C22H21N3O. The maximum absolute atomic E-state index is 12.4. The fourth-order valence-corrected chi connectivity index (χ4v) is 2.53. The number of benzene rings is 3. The first kappa shape index (κ1) is 17.3. The van der Waals surface area contributed by atoms with E-state index in [0.717, 1.165) is 28.3 Å². The standard InChI is InChI=1S/C22H21N3O/c1-16(23-2)17-11-13-20(14-12-17)24-21-10-6-7-18(15-21)22(26)25-19-8-4-3-5-9-19/h3-15,23-24H,1H2,2H3,(H,25,26). The fourth-order valence-electron chi connectivity index (χ4n) is 2.53. The number of hydrogen-bond donors (Lipinski definition) is 3. The Morgan fingerprint density at radius 3 is 2.15 bits per heavy atom. The van der Waals surface area contributed by atoms with Crippen LogP contribution in [0.4, 0.5) is 17.1 Å². The van der Waals surface area contributed by atoms with Crippen LogP contribution in [-0.4, -0.2) is 13.0 Å². The van der Waals surface area contributed by atoms with Crippen LogP contribution in [0.1, 0.15) is 15.9 Å². The van der Waals surface area contributed by atoms with Crippen molar-refractivity contribution in [2.24, 2.45) is 0 Å². The Labute approximate surface area is 153 Å². The van der Waals surface area contributed by atoms with E-state index in [1.807, 2.05) is 79.8 Å². The summed E-state index contributed by atoms with van der Waals surface area (Å²) >= 11 is 0. The highest BCUT2D eigenvalue weighted by Crippen LogP contribution is 2.20. The van der Waals surface area contributed by atoms with Gasteiger partial charge in [-0.2, -0.15) is 0 Å². The Hall–Kier alpha value is -3.53. The smallest absolute Gasteiger partial charge is 0.255 e. The SMILES string of the molecule is C=C(NC)c1ccc(Nc2cccc(C(=O)Nc3ccccc3)c2)cc1. The highest BCUT2D eigenvalue weighted by atomic mass is 16.1. The number of nitrogens with one attached hydrogen (secondary N) is 3. The number of carbonyl (C=O) groups excluding carboxylic acids is 1. The predicted octanol–water partition coefficient (Wildman–Crippen LogP) is 4.87. The number of amides is 1. The number of para-hydroxylation sites is 1. The van der Waals surface area contributed by atoms with Crippen molar-refractivity contribution < 1.29 is 4.79 Å². The second-order valence-corrected chi connectivity index (χ2v) is 5.83. The second-order valence-electron chi connectivity index (χ2n) is 5.83. The molecule has 0 saturated carbocycles. The van der Waals surface area contributed by atoms with Crippen LogP contribution in [0.3, 0.4) is 0 Å². The molecule has 3 aromatic rings. The molecule has 3 aromatic carbocycles. The zero-order valence-electron chi connectivity index (χ0n) is 14.6. The minimum absolute atomic E-state index is 0.138. The van der Waals surface area contributed by atoms with Gasteiger partial charge in [0.15, 0.2) is 0 Å². The number of hydrogen-bond acceptors (Lipinski definition) is 3. The molecule has 0 aliphatic rings. The third-order valence-electron chi connectivity index (χ3n) is 3.98. The van der Waals surface area contributed by atoms with Crippen molar-refractivity contribution >= 4 is 28.7 Å². The fraction of sp³-hybridized carbons (Fsp3) is 0.0455. The quantitative estimate of drug-likeness (QED) is 0.598. The first-order valence-corrected chi connectivity index (χ1v) is 8.36. The Kier molecular flexibility index (Phi) is 5.34. The van der Waals surface area contributed by atoms with Gasteiger partial charge in [-0.25, -0.2) is 0 Å². The third kappa shape index (κ3) is 4.30. The lowest BCUT2D eigenvalue weighted by Gasteiger charge is -2.10. The molecule has 1 amide bonds. The second kappa shape index (κ2) is 8.03. The van der Waals surface area contributed by atoms with E-state index in [9.17, 15) is 4.79 Å². The van der Waals surface area contributed by atoms with E-state index in [0.29, 0.717) is 5.56 Å². The molecule has 0 spiro atoms. The van der Waals surface area contributed by atoms with Gasteiger partial charge in [-0.05, 0) is 48.0 Å². The molecule has 0 radical (unpaired) electrons. The molecule has 0 heterocycles. The van der Waals surface area contributed by atoms with Crippen molar-refractivity contribution in [1.82, 2.24) is 5.32 Å². The molecule has 3 rings (SSSR count). The largest absolute Gasteiger partial charge is 0.388 e. The lowest BCUT2D eigenvalue weighted by atomic mass is 10.1. The molecular weight excluding hydrogens is 322 g/mol. The van der Waals surface area contributed by atoms with Gasteiger partial charge in [-0.1, -0.05) is 43.0 Å². The zero-order valence-corrected chi connectivity index (χ0v) is 14.6. The average Bonchev–Trinajstić information content (AvgIpc) is 2.69. The third-order valence-corrected chi connectivity index (χ3v) is 3.98. The zero-order chi connectivity index (χ0) is 18.4. The van der Waals surface area contributed by atoms with E-state index in [4.69, 9.17) is 0 Å². The molecule has 0 aliphatic carbocycles. The topological polar surface area (TPSA) is 53.2 Å². The lowest BCUT2D eigenvalue weighted by molar-refractivity contribution is 0.102. The molecule has 130 valence electrons. The van der Waals surface area contributed by atoms with Crippen LogP contribution in [0.5, 0.6) is 0 Å². The van der Waals surface area contributed by atoms with Crippen molar-refractivity contribution in [1.29, 1.82) is 0 Å². The van der Waals surface area contributed by atoms with E-state index in [1.54, 1.807) is 6.07 Å². The summed E-state index contributed by atoms with van der Waals surface area (Å²) < 4.78 is 0. The Bertz CT molecular complexity index is 902. The average molecular weight is 343 g/mol. The molecule has 0 fully saturated rings. The minimum Gasteiger partial charge on any atom is -0.388 e. The summed E-state index contributed by atoms with van der Waals surface area (Å²) in [6.07, 6.45) is 0. The van der Waals surface area contributed by atoms with E-state index < -0.39 is 0 Å². The molecule has 0 unspecified atom stereocenters. The van der Waals surface area contributed by atoms with Gasteiger partial charge in [-0.3, -0.25) is 4.79 Å². The highest BCUT2D eigenvalue weighted by molar-refractivity contribution is 6.04. The van der Waals surface area contributed by atoms with Gasteiger partial charge in [-0.15, -0.1) is 0 Å². The molecule has 0 aromatic heterocycles. The van der Waals surface area contributed by atoms with Gasteiger partial charge in [0.2, 0.25) is 0 Å². The van der Waals surface area contributed by atoms with Crippen molar-refractivity contribution in [3.05, 3.63) is 96.6 Å². The number of rotatable bonds is 6. The van der Waals surface area contributed by atoms with E-state index in [2.05, 4.69) is 22.5 Å². The lowest BCUT2D eigenvalue weighted by Crippen LogP contribution is -2.11. The van der Waals surface area contributed by atoms with Gasteiger partial charge in [0.1, 0.15) is 0 Å².